The van der Waals surface area contributed by atoms with E-state index >= 15 is 0 Å². The molecule has 0 aliphatic carbocycles. The van der Waals surface area contributed by atoms with Gasteiger partial charge in [0.1, 0.15) is 12.4 Å². The molecule has 0 N–H and O–H groups in total. The number of ether oxygens (including phenoxy) is 4. The van der Waals surface area contributed by atoms with Gasteiger partial charge in [-0.25, -0.2) is 14.5 Å². The molecule has 0 atom stereocenters. The number of nitrogens with zero attached hydrogens (tertiary/aromatic N) is 3. The first-order valence-electron chi connectivity index (χ1n) is 10.3. The summed E-state index contributed by atoms with van der Waals surface area (Å²) >= 11 is 6.60. The van der Waals surface area contributed by atoms with Crippen LogP contribution in [0.4, 0.5) is 0 Å². The lowest BCUT2D eigenvalue weighted by molar-refractivity contribution is 0.107. The third-order valence-corrected chi connectivity index (χ3v) is 6.01. The van der Waals surface area contributed by atoms with E-state index in [0.29, 0.717) is 46.9 Å². The van der Waals surface area contributed by atoms with Crippen molar-refractivity contribution >= 4 is 44.9 Å². The van der Waals surface area contributed by atoms with Crippen molar-refractivity contribution in [3.63, 3.8) is 0 Å². The Morgan fingerprint density at radius 1 is 1.29 bits per heavy atom. The molecular weight excluding hydrogens is 490 g/mol. The highest BCUT2D eigenvalue weighted by molar-refractivity contribution is 7.71. The zero-order chi connectivity index (χ0) is 24.9. The smallest absolute Gasteiger partial charge is 0.290 e. The molecular formula is C24H21N3O6S2. The summed E-state index contributed by atoms with van der Waals surface area (Å²) in [6, 6.07) is 6.91. The van der Waals surface area contributed by atoms with Gasteiger partial charge in [0, 0.05) is 25.4 Å². The lowest BCUT2D eigenvalue weighted by atomic mass is 10.3. The van der Waals surface area contributed by atoms with Gasteiger partial charge >= 0.3 is 0 Å². The molecule has 0 bridgehead atoms. The summed E-state index contributed by atoms with van der Waals surface area (Å²) in [6.45, 7) is 8.36. The second-order valence-corrected chi connectivity index (χ2v) is 8.32. The quantitative estimate of drug-likeness (QED) is 0.127. The fourth-order valence-electron chi connectivity index (χ4n) is 3.12. The van der Waals surface area contributed by atoms with Gasteiger partial charge < -0.3 is 23.4 Å². The van der Waals surface area contributed by atoms with E-state index in [1.807, 2.05) is 0 Å². The Labute approximate surface area is 209 Å². The number of pyridine rings is 1. The van der Waals surface area contributed by atoms with Gasteiger partial charge in [0.2, 0.25) is 10.7 Å². The predicted molar refractivity (Wildman–Crippen MR) is 136 cm³/mol. The minimum atomic E-state index is -0.452. The summed E-state index contributed by atoms with van der Waals surface area (Å²) in [4.78, 5) is 21.8. The normalized spacial score (nSPS) is 11.5. The molecule has 0 saturated carbocycles. The molecule has 0 aliphatic rings. The molecule has 4 aromatic rings. The van der Waals surface area contributed by atoms with Crippen molar-refractivity contribution in [3.05, 3.63) is 82.5 Å². The Morgan fingerprint density at radius 2 is 2.11 bits per heavy atom. The van der Waals surface area contributed by atoms with Crippen LogP contribution in [0.25, 0.3) is 26.4 Å². The van der Waals surface area contributed by atoms with Crippen LogP contribution in [0, 0.1) is 4.84 Å². The molecule has 9 nitrogen and oxygen atoms in total. The van der Waals surface area contributed by atoms with Gasteiger partial charge in [-0.2, -0.15) is 0 Å². The third-order valence-electron chi connectivity index (χ3n) is 4.74. The zero-order valence-electron chi connectivity index (χ0n) is 19.0. The SMILES string of the molecule is C=C/C=C(/Oc1ccc2nc(-n3c(=S)oc4c(OC)ccnc4c3=O)sc2c1)C(=C)OCCOC. The van der Waals surface area contributed by atoms with Crippen molar-refractivity contribution in [2.24, 2.45) is 0 Å². The lowest BCUT2D eigenvalue weighted by Gasteiger charge is -2.13. The van der Waals surface area contributed by atoms with Crippen LogP contribution in [0.2, 0.25) is 0 Å². The van der Waals surface area contributed by atoms with Gasteiger partial charge in [0.15, 0.2) is 22.8 Å². The molecule has 4 rings (SSSR count). The topological polar surface area (TPSA) is 97.8 Å². The van der Waals surface area contributed by atoms with Crippen LogP contribution in [0.1, 0.15) is 0 Å². The molecule has 180 valence electrons. The van der Waals surface area contributed by atoms with E-state index < -0.39 is 5.56 Å². The largest absolute Gasteiger partial charge is 0.493 e. The van der Waals surface area contributed by atoms with Crippen LogP contribution < -0.4 is 15.0 Å². The van der Waals surface area contributed by atoms with Crippen molar-refractivity contribution in [3.8, 4) is 16.6 Å². The molecule has 0 unspecified atom stereocenters. The zero-order valence-corrected chi connectivity index (χ0v) is 20.6. The van der Waals surface area contributed by atoms with Crippen molar-refractivity contribution in [2.75, 3.05) is 27.4 Å². The number of fused-ring (bicyclic) bond motifs is 2. The van der Waals surface area contributed by atoms with Gasteiger partial charge in [-0.05, 0) is 30.4 Å². The first-order chi connectivity index (χ1) is 17.0. The maximum absolute atomic E-state index is 13.2. The Hall–Kier alpha value is -3.80. The van der Waals surface area contributed by atoms with E-state index in [1.54, 1.807) is 43.5 Å². The van der Waals surface area contributed by atoms with Crippen LogP contribution >= 0.6 is 23.6 Å². The standard InChI is InChI=1S/C24H21N3O6S2/c1-5-6-17(14(2)31-12-11-29-3)32-15-7-8-16-19(13-15)35-23(26-16)27-22(28)20-21(33-24(27)34)18(30-4)9-10-25-20/h5-10,13H,1-2,11-12H2,3-4H3/b17-6+. The summed E-state index contributed by atoms with van der Waals surface area (Å²) in [5.41, 5.74) is 0.480. The van der Waals surface area contributed by atoms with Crippen molar-refractivity contribution in [1.82, 2.24) is 14.5 Å². The third kappa shape index (κ3) is 5.02. The molecule has 3 heterocycles. The number of allylic oxidation sites excluding steroid dienone is 2. The maximum atomic E-state index is 13.2. The van der Waals surface area contributed by atoms with Crippen LogP contribution in [-0.2, 0) is 9.47 Å². The average Bonchev–Trinajstić information content (AvgIpc) is 3.26. The predicted octanol–water partition coefficient (Wildman–Crippen LogP) is 4.95. The van der Waals surface area contributed by atoms with Crippen LogP contribution in [0.15, 0.2) is 76.5 Å². The molecule has 0 fully saturated rings. The van der Waals surface area contributed by atoms with Crippen molar-refractivity contribution < 1.29 is 23.4 Å². The van der Waals surface area contributed by atoms with Gasteiger partial charge in [0.25, 0.3) is 10.4 Å². The van der Waals surface area contributed by atoms with Gasteiger partial charge in [-0.3, -0.25) is 4.79 Å². The molecule has 0 amide bonds. The number of hydrogen-bond donors (Lipinski definition) is 0. The van der Waals surface area contributed by atoms with Gasteiger partial charge in [-0.1, -0.05) is 30.6 Å². The van der Waals surface area contributed by atoms with Crippen molar-refractivity contribution in [2.45, 2.75) is 0 Å². The summed E-state index contributed by atoms with van der Waals surface area (Å²) in [5, 5.41) is 0.344. The summed E-state index contributed by atoms with van der Waals surface area (Å²) in [5.74, 6) is 1.64. The maximum Gasteiger partial charge on any atom is 0.290 e. The fourth-order valence-corrected chi connectivity index (χ4v) is 4.42. The van der Waals surface area contributed by atoms with Gasteiger partial charge in [-0.15, -0.1) is 0 Å². The lowest BCUT2D eigenvalue weighted by Crippen LogP contribution is -2.20. The van der Waals surface area contributed by atoms with Crippen molar-refractivity contribution in [1.29, 1.82) is 0 Å². The summed E-state index contributed by atoms with van der Waals surface area (Å²) in [7, 11) is 3.06. The van der Waals surface area contributed by atoms with Crippen LogP contribution in [-0.4, -0.2) is 42.0 Å². The molecule has 0 spiro atoms. The monoisotopic (exact) mass is 511 g/mol. The highest BCUT2D eigenvalue weighted by Crippen LogP contribution is 2.30. The average molecular weight is 512 g/mol. The molecule has 0 aliphatic heterocycles. The number of methoxy groups -OCH3 is 2. The minimum Gasteiger partial charge on any atom is -0.493 e. The Balaban J connectivity index is 1.69. The fraction of sp³-hybridized carbons (Fsp3) is 0.167. The van der Waals surface area contributed by atoms with Gasteiger partial charge in [0.05, 0.1) is 23.9 Å². The Bertz CT molecular complexity index is 1570. The van der Waals surface area contributed by atoms with E-state index in [4.69, 9.17) is 35.6 Å². The first kappa shape index (κ1) is 24.3. The minimum absolute atomic E-state index is 0.0648. The number of rotatable bonds is 10. The molecule has 0 saturated heterocycles. The summed E-state index contributed by atoms with van der Waals surface area (Å²) < 4.78 is 29.4. The molecule has 3 aromatic heterocycles. The van der Waals surface area contributed by atoms with E-state index in [2.05, 4.69) is 23.1 Å². The second kappa shape index (κ2) is 10.6. The van der Waals surface area contributed by atoms with E-state index in [1.165, 1.54) is 29.2 Å². The molecule has 11 heteroatoms. The second-order valence-electron chi connectivity index (χ2n) is 6.96. The number of thiazole rings is 1. The first-order valence-corrected chi connectivity index (χ1v) is 11.5. The Kier molecular flexibility index (Phi) is 7.39. The Morgan fingerprint density at radius 3 is 2.86 bits per heavy atom. The number of aromatic nitrogens is 3. The van der Waals surface area contributed by atoms with E-state index in [-0.39, 0.29) is 15.9 Å². The highest BCUT2D eigenvalue weighted by Gasteiger charge is 2.17. The molecule has 35 heavy (non-hydrogen) atoms. The molecule has 1 aromatic carbocycles. The highest BCUT2D eigenvalue weighted by atomic mass is 32.1. The molecule has 0 radical (unpaired) electrons. The van der Waals surface area contributed by atoms with Crippen LogP contribution in [0.3, 0.4) is 0 Å². The number of hydrogen-bond acceptors (Lipinski definition) is 10. The van der Waals surface area contributed by atoms with E-state index in [9.17, 15) is 4.79 Å². The van der Waals surface area contributed by atoms with E-state index in [0.717, 1.165) is 4.70 Å². The number of benzene rings is 1. The summed E-state index contributed by atoms with van der Waals surface area (Å²) in [6.07, 6.45) is 4.69. The van der Waals surface area contributed by atoms with Crippen LogP contribution in [0.5, 0.6) is 11.5 Å².